The predicted molar refractivity (Wildman–Crippen MR) is 88.1 cm³/mol. The Morgan fingerprint density at radius 2 is 1.92 bits per heavy atom. The van der Waals surface area contributed by atoms with E-state index in [0.717, 1.165) is 12.8 Å². The number of amides is 2. The molecule has 2 aliphatic heterocycles. The molecule has 0 aromatic heterocycles. The van der Waals surface area contributed by atoms with Crippen molar-refractivity contribution in [2.45, 2.75) is 25.6 Å². The quantitative estimate of drug-likeness (QED) is 0.863. The summed E-state index contributed by atoms with van der Waals surface area (Å²) < 4.78 is 24.2. The highest BCUT2D eigenvalue weighted by atomic mass is 19.1. The fourth-order valence-electron chi connectivity index (χ4n) is 3.25. The zero-order valence-electron chi connectivity index (χ0n) is 14.1. The first-order valence-corrected chi connectivity index (χ1v) is 8.64. The summed E-state index contributed by atoms with van der Waals surface area (Å²) in [4.78, 5) is 25.9. The van der Waals surface area contributed by atoms with Gasteiger partial charge in [0.15, 0.2) is 6.29 Å². The lowest BCUT2D eigenvalue weighted by atomic mass is 9.96. The van der Waals surface area contributed by atoms with Crippen molar-refractivity contribution in [1.82, 2.24) is 10.2 Å². The monoisotopic (exact) mass is 350 g/mol. The van der Waals surface area contributed by atoms with Gasteiger partial charge in [0.1, 0.15) is 5.82 Å². The van der Waals surface area contributed by atoms with Crippen LogP contribution in [0, 0.1) is 11.7 Å². The fourth-order valence-corrected chi connectivity index (χ4v) is 3.25. The van der Waals surface area contributed by atoms with E-state index in [1.165, 1.54) is 12.1 Å². The van der Waals surface area contributed by atoms with E-state index in [9.17, 15) is 14.0 Å². The molecule has 7 heteroatoms. The van der Waals surface area contributed by atoms with Gasteiger partial charge in [-0.25, -0.2) is 4.39 Å². The minimum atomic E-state index is -0.375. The molecule has 0 radical (unpaired) electrons. The number of hydrogen-bond acceptors (Lipinski definition) is 4. The van der Waals surface area contributed by atoms with E-state index >= 15 is 0 Å². The van der Waals surface area contributed by atoms with Crippen molar-refractivity contribution in [3.05, 3.63) is 35.6 Å². The zero-order chi connectivity index (χ0) is 17.6. The van der Waals surface area contributed by atoms with Crippen molar-refractivity contribution in [2.24, 2.45) is 5.92 Å². The van der Waals surface area contributed by atoms with Gasteiger partial charge < -0.3 is 19.7 Å². The Balaban J connectivity index is 1.38. The second-order valence-corrected chi connectivity index (χ2v) is 6.41. The summed E-state index contributed by atoms with van der Waals surface area (Å²) in [5.41, 5.74) is 0.585. The third-order valence-corrected chi connectivity index (χ3v) is 4.62. The van der Waals surface area contributed by atoms with Gasteiger partial charge in [-0.15, -0.1) is 0 Å². The van der Waals surface area contributed by atoms with Crippen LogP contribution in [0.25, 0.3) is 0 Å². The Morgan fingerprint density at radius 3 is 2.60 bits per heavy atom. The molecule has 2 aliphatic rings. The van der Waals surface area contributed by atoms with Gasteiger partial charge in [-0.1, -0.05) is 12.1 Å². The number of likely N-dealkylation sites (tertiary alicyclic amines) is 1. The Kier molecular flexibility index (Phi) is 5.99. The van der Waals surface area contributed by atoms with Gasteiger partial charge in [0.05, 0.1) is 26.2 Å². The molecule has 1 aromatic rings. The van der Waals surface area contributed by atoms with Gasteiger partial charge in [0.25, 0.3) is 0 Å². The lowest BCUT2D eigenvalue weighted by molar-refractivity contribution is -0.137. The van der Waals surface area contributed by atoms with E-state index in [4.69, 9.17) is 9.47 Å². The highest BCUT2D eigenvalue weighted by Crippen LogP contribution is 2.25. The highest BCUT2D eigenvalue weighted by molar-refractivity contribution is 5.85. The average Bonchev–Trinajstić information content (AvgIpc) is 3.14. The number of carbonyl (C=O) groups excluding carboxylic acids is 2. The molecule has 136 valence electrons. The summed E-state index contributed by atoms with van der Waals surface area (Å²) in [5.74, 6) is -0.436. The van der Waals surface area contributed by atoms with Crippen LogP contribution in [-0.4, -0.2) is 55.9 Å². The van der Waals surface area contributed by atoms with Gasteiger partial charge in [0.2, 0.25) is 11.8 Å². The standard InChI is InChI=1S/C18H23FN2O4/c19-15-3-1-2-13(10-15)11-16(22)20-12-17(23)21-6-4-14(5-7-21)18-24-8-9-25-18/h1-3,10,14,18H,4-9,11-12H2,(H,20,22). The number of benzene rings is 1. The number of nitrogens with one attached hydrogen (secondary N) is 1. The lowest BCUT2D eigenvalue weighted by Crippen LogP contribution is -2.45. The fraction of sp³-hybridized carbons (Fsp3) is 0.556. The summed E-state index contributed by atoms with van der Waals surface area (Å²) in [6, 6.07) is 5.89. The van der Waals surface area contributed by atoms with Gasteiger partial charge in [-0.3, -0.25) is 9.59 Å². The van der Waals surface area contributed by atoms with Gasteiger partial charge >= 0.3 is 0 Å². The molecule has 0 unspecified atom stereocenters. The third kappa shape index (κ3) is 4.99. The molecule has 3 rings (SSSR count). The van der Waals surface area contributed by atoms with E-state index < -0.39 is 0 Å². The maximum atomic E-state index is 13.1. The van der Waals surface area contributed by atoms with E-state index in [1.54, 1.807) is 17.0 Å². The summed E-state index contributed by atoms with van der Waals surface area (Å²) in [6.07, 6.45) is 1.60. The molecule has 2 amide bonds. The van der Waals surface area contributed by atoms with Crippen LogP contribution in [0.4, 0.5) is 4.39 Å². The molecule has 25 heavy (non-hydrogen) atoms. The van der Waals surface area contributed by atoms with Crippen LogP contribution < -0.4 is 5.32 Å². The van der Waals surface area contributed by atoms with Crippen LogP contribution in [0.1, 0.15) is 18.4 Å². The minimum absolute atomic E-state index is 0.0325. The first kappa shape index (κ1) is 17.8. The Hall–Kier alpha value is -1.99. The van der Waals surface area contributed by atoms with Crippen LogP contribution in [0.2, 0.25) is 0 Å². The molecule has 1 aromatic carbocycles. The number of halogens is 1. The van der Waals surface area contributed by atoms with Crippen LogP contribution in [0.3, 0.4) is 0 Å². The van der Waals surface area contributed by atoms with Crippen molar-refractivity contribution in [1.29, 1.82) is 0 Å². The number of carbonyl (C=O) groups is 2. The molecular weight excluding hydrogens is 327 g/mol. The predicted octanol–water partition coefficient (Wildman–Crippen LogP) is 1.10. The lowest BCUT2D eigenvalue weighted by Gasteiger charge is -2.33. The van der Waals surface area contributed by atoms with E-state index in [2.05, 4.69) is 5.32 Å². The second-order valence-electron chi connectivity index (χ2n) is 6.41. The molecule has 0 bridgehead atoms. The first-order chi connectivity index (χ1) is 12.1. The molecule has 2 saturated heterocycles. The van der Waals surface area contributed by atoms with Crippen molar-refractivity contribution in [3.8, 4) is 0 Å². The molecule has 1 N–H and O–H groups in total. The normalized spacial score (nSPS) is 19.2. The molecule has 0 spiro atoms. The summed E-state index contributed by atoms with van der Waals surface area (Å²) in [7, 11) is 0. The molecule has 0 atom stereocenters. The van der Waals surface area contributed by atoms with Crippen LogP contribution >= 0.6 is 0 Å². The van der Waals surface area contributed by atoms with E-state index in [1.807, 2.05) is 0 Å². The molecule has 2 fully saturated rings. The number of ether oxygens (including phenoxy) is 2. The van der Waals surface area contributed by atoms with Crippen LogP contribution in [-0.2, 0) is 25.5 Å². The summed E-state index contributed by atoms with van der Waals surface area (Å²) in [6.45, 7) is 2.54. The second kappa shape index (κ2) is 8.40. The van der Waals surface area contributed by atoms with Crippen LogP contribution in [0.5, 0.6) is 0 Å². The smallest absolute Gasteiger partial charge is 0.241 e. The number of nitrogens with zero attached hydrogens (tertiary/aromatic N) is 1. The van der Waals surface area contributed by atoms with Crippen molar-refractivity contribution < 1.29 is 23.5 Å². The molecular formula is C18H23FN2O4. The maximum absolute atomic E-state index is 13.1. The number of rotatable bonds is 5. The van der Waals surface area contributed by atoms with Gasteiger partial charge in [-0.2, -0.15) is 0 Å². The molecule has 2 heterocycles. The summed E-state index contributed by atoms with van der Waals surface area (Å²) >= 11 is 0. The first-order valence-electron chi connectivity index (χ1n) is 8.64. The Labute approximate surface area is 146 Å². The third-order valence-electron chi connectivity index (χ3n) is 4.62. The van der Waals surface area contributed by atoms with E-state index in [0.29, 0.717) is 37.8 Å². The van der Waals surface area contributed by atoms with Gasteiger partial charge in [-0.05, 0) is 30.5 Å². The number of piperidine rings is 1. The van der Waals surface area contributed by atoms with Crippen molar-refractivity contribution in [2.75, 3.05) is 32.8 Å². The Bertz CT molecular complexity index is 611. The molecule has 6 nitrogen and oxygen atoms in total. The van der Waals surface area contributed by atoms with E-state index in [-0.39, 0.29) is 36.9 Å². The largest absolute Gasteiger partial charge is 0.350 e. The Morgan fingerprint density at radius 1 is 1.20 bits per heavy atom. The maximum Gasteiger partial charge on any atom is 0.241 e. The van der Waals surface area contributed by atoms with Crippen molar-refractivity contribution >= 4 is 11.8 Å². The summed E-state index contributed by atoms with van der Waals surface area (Å²) in [5, 5.41) is 2.61. The molecule has 0 aliphatic carbocycles. The zero-order valence-corrected chi connectivity index (χ0v) is 14.1. The van der Waals surface area contributed by atoms with Gasteiger partial charge in [0, 0.05) is 19.0 Å². The minimum Gasteiger partial charge on any atom is -0.350 e. The topological polar surface area (TPSA) is 67.9 Å². The molecule has 0 saturated carbocycles. The number of hydrogen-bond donors (Lipinski definition) is 1. The highest BCUT2D eigenvalue weighted by Gasteiger charge is 2.31. The average molecular weight is 350 g/mol. The van der Waals surface area contributed by atoms with Crippen molar-refractivity contribution in [3.63, 3.8) is 0 Å². The van der Waals surface area contributed by atoms with Crippen LogP contribution in [0.15, 0.2) is 24.3 Å². The SMILES string of the molecule is O=C(Cc1cccc(F)c1)NCC(=O)N1CCC(C2OCCO2)CC1.